The van der Waals surface area contributed by atoms with Gasteiger partial charge in [0.25, 0.3) is 15.9 Å². The summed E-state index contributed by atoms with van der Waals surface area (Å²) in [5.74, 6) is 0.139. The number of carbonyl (C=O) groups excluding carboxylic acids is 1. The molecule has 0 unspecified atom stereocenters. The summed E-state index contributed by atoms with van der Waals surface area (Å²) < 4.78 is 40.5. The van der Waals surface area contributed by atoms with Gasteiger partial charge in [-0.2, -0.15) is 0 Å². The lowest BCUT2D eigenvalue weighted by molar-refractivity contribution is 0.0623. The van der Waals surface area contributed by atoms with Gasteiger partial charge in [-0.1, -0.05) is 25.4 Å². The number of rotatable bonds is 4. The molecule has 28 heavy (non-hydrogen) atoms. The Morgan fingerprint density at radius 1 is 1.11 bits per heavy atom. The Labute approximate surface area is 169 Å². The number of nitrogens with one attached hydrogen (secondary N) is 1. The predicted octanol–water partition coefficient (Wildman–Crippen LogP) is 4.40. The second-order valence-corrected chi connectivity index (χ2v) is 9.50. The Balaban J connectivity index is 1.85. The van der Waals surface area contributed by atoms with Crippen molar-refractivity contribution in [3.63, 3.8) is 0 Å². The van der Waals surface area contributed by atoms with Gasteiger partial charge in [0.2, 0.25) is 0 Å². The van der Waals surface area contributed by atoms with Crippen LogP contribution in [0.1, 0.15) is 30.6 Å². The molecule has 0 spiro atoms. The lowest BCUT2D eigenvalue weighted by Crippen LogP contribution is -2.42. The fourth-order valence-corrected chi connectivity index (χ4v) is 4.86. The Morgan fingerprint density at radius 2 is 1.71 bits per heavy atom. The molecule has 0 radical (unpaired) electrons. The number of nitrogens with zero attached hydrogens (tertiary/aromatic N) is 1. The highest BCUT2D eigenvalue weighted by Gasteiger charge is 2.27. The first-order valence-electron chi connectivity index (χ1n) is 9.03. The van der Waals surface area contributed by atoms with Crippen molar-refractivity contribution < 1.29 is 17.6 Å². The second kappa shape index (κ2) is 8.09. The molecule has 150 valence electrons. The van der Waals surface area contributed by atoms with Crippen LogP contribution >= 0.6 is 11.6 Å². The van der Waals surface area contributed by atoms with E-state index in [0.717, 1.165) is 30.7 Å². The molecule has 0 bridgehead atoms. The molecule has 0 aliphatic carbocycles. The summed E-state index contributed by atoms with van der Waals surface area (Å²) in [6.07, 6.45) is 1.08. The van der Waals surface area contributed by atoms with Crippen molar-refractivity contribution in [3.05, 3.63) is 58.9 Å². The van der Waals surface area contributed by atoms with Gasteiger partial charge in [-0.25, -0.2) is 12.8 Å². The minimum absolute atomic E-state index is 0.0969. The molecule has 2 aromatic carbocycles. The van der Waals surface area contributed by atoms with E-state index in [2.05, 4.69) is 18.6 Å². The number of carbonyl (C=O) groups is 1. The fraction of sp³-hybridized carbons (Fsp3) is 0.350. The maximum absolute atomic E-state index is 13.1. The lowest BCUT2D eigenvalue weighted by Gasteiger charge is -2.35. The Bertz CT molecular complexity index is 969. The standard InChI is InChI=1S/C20H22ClFN2O3S/c1-13-9-14(2)12-24(11-13)20(25)15-3-8-18(21)19(10-15)23-28(26,27)17-6-4-16(22)5-7-17/h3-8,10,13-14,23H,9,11-12H2,1-2H3/t13-,14-/m1/s1. The zero-order valence-electron chi connectivity index (χ0n) is 15.7. The monoisotopic (exact) mass is 424 g/mol. The number of halogens is 2. The quantitative estimate of drug-likeness (QED) is 0.791. The zero-order chi connectivity index (χ0) is 20.5. The van der Waals surface area contributed by atoms with Gasteiger partial charge in [-0.05, 0) is 60.7 Å². The highest BCUT2D eigenvalue weighted by molar-refractivity contribution is 7.92. The van der Waals surface area contributed by atoms with Crippen molar-refractivity contribution in [1.82, 2.24) is 4.90 Å². The van der Waals surface area contributed by atoms with Gasteiger partial charge in [-0.3, -0.25) is 9.52 Å². The van der Waals surface area contributed by atoms with E-state index < -0.39 is 15.8 Å². The van der Waals surface area contributed by atoms with E-state index in [9.17, 15) is 17.6 Å². The minimum atomic E-state index is -3.96. The molecule has 1 aliphatic heterocycles. The first-order chi connectivity index (χ1) is 13.2. The summed E-state index contributed by atoms with van der Waals surface area (Å²) >= 11 is 6.14. The van der Waals surface area contributed by atoms with E-state index >= 15 is 0 Å². The van der Waals surface area contributed by atoms with E-state index in [1.807, 2.05) is 0 Å². The molecule has 0 saturated carbocycles. The molecule has 0 aromatic heterocycles. The average Bonchev–Trinajstić information content (AvgIpc) is 2.62. The third kappa shape index (κ3) is 4.64. The van der Waals surface area contributed by atoms with Crippen molar-refractivity contribution in [1.29, 1.82) is 0 Å². The third-order valence-electron chi connectivity index (χ3n) is 4.74. The summed E-state index contributed by atoms with van der Waals surface area (Å²) in [6, 6.07) is 8.98. The van der Waals surface area contributed by atoms with Crippen molar-refractivity contribution in [2.24, 2.45) is 11.8 Å². The largest absolute Gasteiger partial charge is 0.338 e. The first kappa shape index (κ1) is 20.6. The highest BCUT2D eigenvalue weighted by atomic mass is 35.5. The fourth-order valence-electron chi connectivity index (χ4n) is 3.57. The molecule has 2 atom stereocenters. The summed E-state index contributed by atoms with van der Waals surface area (Å²) in [7, 11) is -3.96. The molecule has 1 saturated heterocycles. The third-order valence-corrected chi connectivity index (χ3v) is 6.45. The molecule has 1 heterocycles. The van der Waals surface area contributed by atoms with Gasteiger partial charge in [0.1, 0.15) is 5.82 Å². The Morgan fingerprint density at radius 3 is 2.32 bits per heavy atom. The number of benzene rings is 2. The van der Waals surface area contributed by atoms with Gasteiger partial charge in [-0.15, -0.1) is 0 Å². The molecule has 1 amide bonds. The zero-order valence-corrected chi connectivity index (χ0v) is 17.2. The van der Waals surface area contributed by atoms with E-state index in [-0.39, 0.29) is 21.5 Å². The van der Waals surface area contributed by atoms with Crippen LogP contribution in [0.25, 0.3) is 0 Å². The predicted molar refractivity (Wildman–Crippen MR) is 108 cm³/mol. The van der Waals surface area contributed by atoms with E-state index in [0.29, 0.717) is 30.5 Å². The molecule has 1 N–H and O–H groups in total. The first-order valence-corrected chi connectivity index (χ1v) is 10.9. The summed E-state index contributed by atoms with van der Waals surface area (Å²) in [5.41, 5.74) is 0.470. The van der Waals surface area contributed by atoms with Crippen LogP contribution in [0.3, 0.4) is 0 Å². The number of anilines is 1. The van der Waals surface area contributed by atoms with Crippen molar-refractivity contribution in [2.75, 3.05) is 17.8 Å². The average molecular weight is 425 g/mol. The second-order valence-electron chi connectivity index (χ2n) is 7.41. The van der Waals surface area contributed by atoms with Crippen molar-refractivity contribution in [3.8, 4) is 0 Å². The normalized spacial score (nSPS) is 20.1. The molecular formula is C20H22ClFN2O3S. The van der Waals surface area contributed by atoms with Crippen LogP contribution in [0.15, 0.2) is 47.4 Å². The lowest BCUT2D eigenvalue weighted by atomic mass is 9.91. The molecule has 1 fully saturated rings. The molecule has 3 rings (SSSR count). The summed E-state index contributed by atoms with van der Waals surface area (Å²) in [5, 5.41) is 0.169. The van der Waals surface area contributed by atoms with Gasteiger partial charge < -0.3 is 4.90 Å². The van der Waals surface area contributed by atoms with Crippen LogP contribution < -0.4 is 4.72 Å². The number of hydrogen-bond acceptors (Lipinski definition) is 3. The Kier molecular flexibility index (Phi) is 5.95. The summed E-state index contributed by atoms with van der Waals surface area (Å²) in [6.45, 7) is 5.56. The van der Waals surface area contributed by atoms with Gasteiger partial charge in [0, 0.05) is 18.7 Å². The number of likely N-dealkylation sites (tertiary alicyclic amines) is 1. The SMILES string of the molecule is C[C@@H]1C[C@@H](C)CN(C(=O)c2ccc(Cl)c(NS(=O)(=O)c3ccc(F)cc3)c2)C1. The van der Waals surface area contributed by atoms with E-state index in [1.165, 1.54) is 12.1 Å². The highest BCUT2D eigenvalue weighted by Crippen LogP contribution is 2.28. The van der Waals surface area contributed by atoms with Crippen molar-refractivity contribution in [2.45, 2.75) is 25.2 Å². The maximum Gasteiger partial charge on any atom is 0.261 e. The minimum Gasteiger partial charge on any atom is -0.338 e. The van der Waals surface area contributed by atoms with Gasteiger partial charge >= 0.3 is 0 Å². The molecule has 2 aromatic rings. The number of hydrogen-bond donors (Lipinski definition) is 1. The molecule has 1 aliphatic rings. The molecular weight excluding hydrogens is 403 g/mol. The topological polar surface area (TPSA) is 66.5 Å². The van der Waals surface area contributed by atoms with Crippen LogP contribution in [-0.2, 0) is 10.0 Å². The van der Waals surface area contributed by atoms with E-state index in [4.69, 9.17) is 11.6 Å². The van der Waals surface area contributed by atoms with E-state index in [1.54, 1.807) is 11.0 Å². The van der Waals surface area contributed by atoms with Crippen LogP contribution in [0.5, 0.6) is 0 Å². The van der Waals surface area contributed by atoms with Crippen molar-refractivity contribution >= 4 is 33.2 Å². The summed E-state index contributed by atoms with van der Waals surface area (Å²) in [4.78, 5) is 14.6. The Hall–Kier alpha value is -2.12. The van der Waals surface area contributed by atoms with Gasteiger partial charge in [0.15, 0.2) is 0 Å². The van der Waals surface area contributed by atoms with Crippen LogP contribution in [0, 0.1) is 17.7 Å². The van der Waals surface area contributed by atoms with Crippen LogP contribution in [-0.4, -0.2) is 32.3 Å². The number of amides is 1. The number of piperidine rings is 1. The van der Waals surface area contributed by atoms with Crippen LogP contribution in [0.2, 0.25) is 5.02 Å². The number of sulfonamides is 1. The maximum atomic E-state index is 13.1. The molecule has 5 nitrogen and oxygen atoms in total. The van der Waals surface area contributed by atoms with Crippen LogP contribution in [0.4, 0.5) is 10.1 Å². The molecule has 8 heteroatoms. The smallest absolute Gasteiger partial charge is 0.261 e. The van der Waals surface area contributed by atoms with Gasteiger partial charge in [0.05, 0.1) is 15.6 Å².